The highest BCUT2D eigenvalue weighted by atomic mass is 32.2. The van der Waals surface area contributed by atoms with E-state index in [0.29, 0.717) is 23.5 Å². The molecule has 4 rings (SSSR count). The average Bonchev–Trinajstić information content (AvgIpc) is 3.08. The number of unbranched alkanes of at least 4 members (excludes halogenated alkanes) is 3. The molecule has 200 valence electrons. The summed E-state index contributed by atoms with van der Waals surface area (Å²) >= 11 is 1.24. The van der Waals surface area contributed by atoms with Gasteiger partial charge in [-0.05, 0) is 37.1 Å². The quantitative estimate of drug-likeness (QED) is 0.293. The van der Waals surface area contributed by atoms with Crippen molar-refractivity contribution in [3.8, 4) is 0 Å². The maximum atomic E-state index is 14.3. The van der Waals surface area contributed by atoms with Gasteiger partial charge in [0, 0.05) is 43.7 Å². The summed E-state index contributed by atoms with van der Waals surface area (Å²) in [5, 5.41) is 2.13. The standard InChI is InChI=1S/C25H28F3N3O5S/c26-15-13-16-21(24(36)31(23(16)35)17-6-7-19(32)29-22(17)34)18(14-15)37-12-4-2-1-3-5-20(33)30-10-8-25(27,28)9-11-30/h13-14,17H,1-12H2,(H,29,32,34). The molecule has 0 bridgehead atoms. The molecule has 1 aromatic rings. The van der Waals surface area contributed by atoms with Crippen molar-refractivity contribution in [2.75, 3.05) is 18.8 Å². The third-order valence-electron chi connectivity index (χ3n) is 6.86. The minimum Gasteiger partial charge on any atom is -0.342 e. The average molecular weight is 540 g/mol. The Bertz CT molecular complexity index is 1120. The summed E-state index contributed by atoms with van der Waals surface area (Å²) in [7, 11) is 0. The van der Waals surface area contributed by atoms with Crippen molar-refractivity contribution in [2.24, 2.45) is 0 Å². The lowest BCUT2D eigenvalue weighted by Gasteiger charge is -2.31. The van der Waals surface area contributed by atoms with Crippen molar-refractivity contribution in [3.05, 3.63) is 29.1 Å². The van der Waals surface area contributed by atoms with Gasteiger partial charge in [0.1, 0.15) is 11.9 Å². The van der Waals surface area contributed by atoms with Crippen LogP contribution in [0.3, 0.4) is 0 Å². The zero-order valence-corrected chi connectivity index (χ0v) is 21.0. The van der Waals surface area contributed by atoms with E-state index in [2.05, 4.69) is 5.32 Å². The van der Waals surface area contributed by atoms with Crippen LogP contribution in [0, 0.1) is 5.82 Å². The molecule has 3 aliphatic rings. The van der Waals surface area contributed by atoms with Crippen LogP contribution in [0.4, 0.5) is 13.2 Å². The van der Waals surface area contributed by atoms with E-state index in [-0.39, 0.29) is 55.8 Å². The van der Waals surface area contributed by atoms with Crippen LogP contribution < -0.4 is 5.32 Å². The minimum atomic E-state index is -2.68. The van der Waals surface area contributed by atoms with Crippen molar-refractivity contribution in [1.29, 1.82) is 0 Å². The lowest BCUT2D eigenvalue weighted by atomic mass is 10.0. The normalized spacial score (nSPS) is 21.3. The Morgan fingerprint density at radius 3 is 2.43 bits per heavy atom. The van der Waals surface area contributed by atoms with E-state index in [9.17, 15) is 37.1 Å². The predicted molar refractivity (Wildman–Crippen MR) is 128 cm³/mol. The highest BCUT2D eigenvalue weighted by molar-refractivity contribution is 7.99. The number of hydrogen-bond donors (Lipinski definition) is 1. The smallest absolute Gasteiger partial charge is 0.263 e. The number of thioether (sulfide) groups is 1. The van der Waals surface area contributed by atoms with Crippen LogP contribution in [0.15, 0.2) is 17.0 Å². The van der Waals surface area contributed by atoms with Crippen LogP contribution >= 0.6 is 11.8 Å². The van der Waals surface area contributed by atoms with Crippen LogP contribution in [-0.2, 0) is 14.4 Å². The topological polar surface area (TPSA) is 104 Å². The highest BCUT2D eigenvalue weighted by Gasteiger charge is 2.46. The SMILES string of the molecule is O=C1CCC(N2C(=O)c3cc(F)cc(SCCCCCCC(=O)N4CCC(F)(F)CC4)c3C2=O)C(=O)N1. The maximum Gasteiger partial charge on any atom is 0.263 e. The van der Waals surface area contributed by atoms with Gasteiger partial charge in [0.25, 0.3) is 17.7 Å². The number of carbonyl (C=O) groups excluding carboxylic acids is 5. The Morgan fingerprint density at radius 2 is 1.73 bits per heavy atom. The summed E-state index contributed by atoms with van der Waals surface area (Å²) in [5.74, 6) is -5.53. The molecule has 0 aromatic heterocycles. The largest absolute Gasteiger partial charge is 0.342 e. The van der Waals surface area contributed by atoms with Crippen LogP contribution in [0.25, 0.3) is 0 Å². The number of fused-ring (bicyclic) bond motifs is 1. The third kappa shape index (κ3) is 6.16. The van der Waals surface area contributed by atoms with Crippen molar-refractivity contribution >= 4 is 41.3 Å². The predicted octanol–water partition coefficient (Wildman–Crippen LogP) is 3.53. The van der Waals surface area contributed by atoms with Crippen molar-refractivity contribution in [2.45, 2.75) is 74.6 Å². The van der Waals surface area contributed by atoms with E-state index < -0.39 is 41.4 Å². The molecule has 2 fully saturated rings. The summed E-state index contributed by atoms with van der Waals surface area (Å²) in [6, 6.07) is 1.07. The van der Waals surface area contributed by atoms with Gasteiger partial charge < -0.3 is 4.90 Å². The molecule has 5 amide bonds. The first kappa shape index (κ1) is 27.2. The number of amides is 5. The fraction of sp³-hybridized carbons (Fsp3) is 0.560. The highest BCUT2D eigenvalue weighted by Crippen LogP contribution is 2.36. The van der Waals surface area contributed by atoms with Gasteiger partial charge in [-0.2, -0.15) is 0 Å². The van der Waals surface area contributed by atoms with Crippen LogP contribution in [0.5, 0.6) is 0 Å². The molecule has 3 heterocycles. The number of alkyl halides is 2. The summed E-state index contributed by atoms with van der Waals surface area (Å²) in [6.07, 6.45) is 2.65. The molecule has 0 aliphatic carbocycles. The van der Waals surface area contributed by atoms with Crippen LogP contribution in [-0.4, -0.2) is 70.1 Å². The van der Waals surface area contributed by atoms with E-state index in [1.165, 1.54) is 22.7 Å². The number of nitrogens with zero attached hydrogens (tertiary/aromatic N) is 2. The zero-order chi connectivity index (χ0) is 26.7. The number of carbonyl (C=O) groups is 5. The second kappa shape index (κ2) is 11.2. The van der Waals surface area contributed by atoms with Gasteiger partial charge >= 0.3 is 0 Å². The first-order valence-electron chi connectivity index (χ1n) is 12.4. The summed E-state index contributed by atoms with van der Waals surface area (Å²) in [4.78, 5) is 64.5. The molecule has 0 radical (unpaired) electrons. The van der Waals surface area contributed by atoms with Crippen LogP contribution in [0.2, 0.25) is 0 Å². The number of halogens is 3. The molecule has 0 spiro atoms. The van der Waals surface area contributed by atoms with Crippen molar-refractivity contribution < 1.29 is 37.1 Å². The number of nitrogens with one attached hydrogen (secondary N) is 1. The Morgan fingerprint density at radius 1 is 1.03 bits per heavy atom. The third-order valence-corrected chi connectivity index (χ3v) is 7.99. The first-order chi connectivity index (χ1) is 17.6. The Kier molecular flexibility index (Phi) is 8.25. The van der Waals surface area contributed by atoms with E-state index >= 15 is 0 Å². The Balaban J connectivity index is 1.25. The van der Waals surface area contributed by atoms with E-state index in [1.54, 1.807) is 0 Å². The lowest BCUT2D eigenvalue weighted by molar-refractivity contribution is -0.138. The summed E-state index contributed by atoms with van der Waals surface area (Å²) < 4.78 is 40.7. The Labute approximate surface area is 216 Å². The molecule has 8 nitrogen and oxygen atoms in total. The number of piperidine rings is 2. The Hall–Kier alpha value is -2.89. The fourth-order valence-corrected chi connectivity index (χ4v) is 5.90. The fourth-order valence-electron chi connectivity index (χ4n) is 4.79. The van der Waals surface area contributed by atoms with E-state index in [0.717, 1.165) is 30.2 Å². The molecule has 1 aromatic carbocycles. The molecule has 37 heavy (non-hydrogen) atoms. The number of hydrogen-bond acceptors (Lipinski definition) is 6. The molecule has 0 saturated carbocycles. The van der Waals surface area contributed by atoms with Gasteiger partial charge in [0.15, 0.2) is 0 Å². The van der Waals surface area contributed by atoms with Gasteiger partial charge in [-0.25, -0.2) is 13.2 Å². The molecule has 12 heteroatoms. The first-order valence-corrected chi connectivity index (χ1v) is 13.4. The summed E-state index contributed by atoms with van der Waals surface area (Å²) in [6.45, 7) is 0.172. The zero-order valence-electron chi connectivity index (χ0n) is 20.2. The minimum absolute atomic E-state index is 0.000648. The monoisotopic (exact) mass is 539 g/mol. The summed E-state index contributed by atoms with van der Waals surface area (Å²) in [5.41, 5.74) is -0.0232. The molecule has 1 unspecified atom stereocenters. The number of likely N-dealkylation sites (tertiary alicyclic amines) is 1. The molecule has 1 N–H and O–H groups in total. The van der Waals surface area contributed by atoms with Crippen molar-refractivity contribution in [1.82, 2.24) is 15.1 Å². The van der Waals surface area contributed by atoms with Crippen LogP contribution in [0.1, 0.15) is 78.5 Å². The van der Waals surface area contributed by atoms with E-state index in [1.807, 2.05) is 0 Å². The second-order valence-electron chi connectivity index (χ2n) is 9.52. The number of imide groups is 2. The number of benzene rings is 1. The number of rotatable bonds is 9. The van der Waals surface area contributed by atoms with Gasteiger partial charge in [0.05, 0.1) is 11.1 Å². The van der Waals surface area contributed by atoms with Gasteiger partial charge in [0.2, 0.25) is 17.7 Å². The maximum absolute atomic E-state index is 14.3. The van der Waals surface area contributed by atoms with Gasteiger partial charge in [-0.15, -0.1) is 11.8 Å². The second-order valence-corrected chi connectivity index (χ2v) is 10.7. The van der Waals surface area contributed by atoms with Gasteiger partial charge in [-0.3, -0.25) is 34.2 Å². The van der Waals surface area contributed by atoms with Crippen molar-refractivity contribution in [3.63, 3.8) is 0 Å². The molecule has 1 atom stereocenters. The molecule has 3 aliphatic heterocycles. The lowest BCUT2D eigenvalue weighted by Crippen LogP contribution is -2.54. The molecular weight excluding hydrogens is 511 g/mol. The molecule has 2 saturated heterocycles. The molecular formula is C25H28F3N3O5S. The van der Waals surface area contributed by atoms with E-state index in [4.69, 9.17) is 0 Å². The van der Waals surface area contributed by atoms with Gasteiger partial charge in [-0.1, -0.05) is 12.8 Å².